The third-order valence-corrected chi connectivity index (χ3v) is 7.22. The van der Waals surface area contributed by atoms with Crippen molar-refractivity contribution < 1.29 is 32.5 Å². The number of hydrogen-bond acceptors (Lipinski definition) is 9. The van der Waals surface area contributed by atoms with Gasteiger partial charge in [0.15, 0.2) is 17.3 Å². The Hall–Kier alpha value is -4.07. The number of halogens is 3. The van der Waals surface area contributed by atoms with Crippen LogP contribution in [0.15, 0.2) is 36.9 Å². The molecule has 1 saturated carbocycles. The fourth-order valence-corrected chi connectivity index (χ4v) is 4.97. The first kappa shape index (κ1) is 29.0. The van der Waals surface area contributed by atoms with E-state index in [0.29, 0.717) is 11.8 Å². The summed E-state index contributed by atoms with van der Waals surface area (Å²) in [4.78, 5) is 21.7. The first-order valence-electron chi connectivity index (χ1n) is 13.2. The number of alkyl halides is 3. The summed E-state index contributed by atoms with van der Waals surface area (Å²) in [5.74, 6) is 0.692. The molecule has 43 heavy (non-hydrogen) atoms. The number of ether oxygens (including phenoxy) is 3. The van der Waals surface area contributed by atoms with Gasteiger partial charge in [0, 0.05) is 23.2 Å². The Labute approximate surface area is 248 Å². The highest BCUT2D eigenvalue weighted by atomic mass is 19.4. The van der Waals surface area contributed by atoms with Crippen molar-refractivity contribution in [2.75, 3.05) is 20.3 Å². The molecule has 1 aliphatic heterocycles. The van der Waals surface area contributed by atoms with Crippen LogP contribution in [0.5, 0.6) is 17.4 Å². The summed E-state index contributed by atoms with van der Waals surface area (Å²) in [5.41, 5.74) is -1.38. The van der Waals surface area contributed by atoms with E-state index in [-0.39, 0.29) is 65.0 Å². The van der Waals surface area contributed by atoms with Crippen LogP contribution in [0.1, 0.15) is 48.3 Å². The molecule has 1 N–H and O–H groups in total. The number of nitrogens with zero attached hydrogens (tertiary/aromatic N) is 6. The van der Waals surface area contributed by atoms with E-state index < -0.39 is 22.7 Å². The van der Waals surface area contributed by atoms with E-state index >= 15 is 0 Å². The lowest BCUT2D eigenvalue weighted by Gasteiger charge is -2.29. The van der Waals surface area contributed by atoms with Crippen molar-refractivity contribution >= 4 is 23.5 Å². The monoisotopic (exact) mass is 584 g/mol. The van der Waals surface area contributed by atoms with E-state index in [1.165, 1.54) is 44.8 Å². The lowest BCUT2D eigenvalue weighted by atomic mass is 9.49. The van der Waals surface area contributed by atoms with Crippen LogP contribution >= 0.6 is 0 Å². The molecule has 16 heteroatoms. The zero-order valence-electron chi connectivity index (χ0n) is 23.1. The minimum absolute atomic E-state index is 0.0211. The summed E-state index contributed by atoms with van der Waals surface area (Å²) in [6, 6.07) is 4.31. The van der Waals surface area contributed by atoms with Gasteiger partial charge >= 0.3 is 6.18 Å². The number of aromatic nitrogens is 6. The maximum absolute atomic E-state index is 13.6. The smallest absolute Gasteiger partial charge is 0.434 e. The highest BCUT2D eigenvalue weighted by molar-refractivity contribution is 6.56. The quantitative estimate of drug-likeness (QED) is 0.362. The molecule has 1 fully saturated rings. The molecule has 1 atom stereocenters. The molecule has 6 radical (unpaired) electrons. The third-order valence-electron chi connectivity index (χ3n) is 7.22. The second kappa shape index (κ2) is 10.3. The van der Waals surface area contributed by atoms with Crippen LogP contribution in [0.3, 0.4) is 0 Å². The Morgan fingerprint density at radius 3 is 2.49 bits per heavy atom. The first-order chi connectivity index (χ1) is 20.3. The van der Waals surface area contributed by atoms with E-state index in [9.17, 15) is 18.3 Å². The molecule has 4 heterocycles. The molecular formula is C27H22B3F3N6O4. The predicted octanol–water partition coefficient (Wildman–Crippen LogP) is 2.80. The van der Waals surface area contributed by atoms with Crippen molar-refractivity contribution in [3.63, 3.8) is 0 Å². The molecule has 1 aliphatic carbocycles. The summed E-state index contributed by atoms with van der Waals surface area (Å²) in [7, 11) is 18.7. The molecule has 1 aromatic carbocycles. The second-order valence-electron chi connectivity index (χ2n) is 10.5. The van der Waals surface area contributed by atoms with Gasteiger partial charge in [-0.3, -0.25) is 0 Å². The van der Waals surface area contributed by atoms with Crippen molar-refractivity contribution in [1.82, 2.24) is 29.5 Å². The van der Waals surface area contributed by atoms with Gasteiger partial charge in [0.25, 0.3) is 0 Å². The summed E-state index contributed by atoms with van der Waals surface area (Å²) in [6.45, 7) is 1.48. The number of methoxy groups -OCH3 is 1. The third kappa shape index (κ3) is 5.32. The molecule has 3 aromatic heterocycles. The average molecular weight is 584 g/mol. The highest BCUT2D eigenvalue weighted by Gasteiger charge is 2.39. The fourth-order valence-electron chi connectivity index (χ4n) is 4.97. The molecule has 10 nitrogen and oxygen atoms in total. The number of benzene rings is 1. The summed E-state index contributed by atoms with van der Waals surface area (Å²) in [6.07, 6.45) is 0.572. The van der Waals surface area contributed by atoms with Gasteiger partial charge in [-0.1, -0.05) is 17.4 Å². The molecule has 2 bridgehead atoms. The number of hydrogen-bond donors (Lipinski definition) is 1. The average Bonchev–Trinajstić information content (AvgIpc) is 3.69. The minimum Gasteiger partial charge on any atom is -0.493 e. The van der Waals surface area contributed by atoms with Gasteiger partial charge in [-0.05, 0) is 25.8 Å². The van der Waals surface area contributed by atoms with Crippen LogP contribution in [0.25, 0.3) is 22.8 Å². The fraction of sp³-hybridized carbons (Fsp3) is 0.370. The van der Waals surface area contributed by atoms with Crippen LogP contribution in [0.4, 0.5) is 13.2 Å². The molecule has 2 aliphatic rings. The van der Waals surface area contributed by atoms with Gasteiger partial charge in [-0.2, -0.15) is 13.2 Å². The van der Waals surface area contributed by atoms with E-state index in [0.717, 1.165) is 23.1 Å². The molecule has 214 valence electrons. The molecular weight excluding hydrogens is 562 g/mol. The largest absolute Gasteiger partial charge is 0.493 e. The lowest BCUT2D eigenvalue weighted by molar-refractivity contribution is -0.140. The number of aliphatic hydroxyl groups is 1. The van der Waals surface area contributed by atoms with Crippen LogP contribution in [0, 0.1) is 0 Å². The Morgan fingerprint density at radius 1 is 1.07 bits per heavy atom. The zero-order valence-corrected chi connectivity index (χ0v) is 23.1. The number of rotatable bonds is 4. The van der Waals surface area contributed by atoms with Gasteiger partial charge in [-0.15, -0.1) is 0 Å². The van der Waals surface area contributed by atoms with Crippen molar-refractivity contribution in [3.8, 4) is 40.2 Å². The molecule has 0 amide bonds. The standard InChI is InChI=1S/C27H22B3F3N6O4/c1-25(40)15-6-5-14(23-37-18(26(31,32)33)11-39(23)27(28,29)30)9-16(15)42-7-8-43-24-19(20(13-3-4-13)35-12-36-24)22-34-10-17(41-2)21(25)38-22/h5-6,9-13,40H,3-4,7-8H2,1-2H3. The topological polar surface area (TPSA) is 117 Å². The molecule has 0 spiro atoms. The second-order valence-corrected chi connectivity index (χ2v) is 10.5. The lowest BCUT2D eigenvalue weighted by Crippen LogP contribution is -2.35. The maximum Gasteiger partial charge on any atom is 0.434 e. The predicted molar refractivity (Wildman–Crippen MR) is 149 cm³/mol. The Morgan fingerprint density at radius 2 is 1.81 bits per heavy atom. The molecule has 4 aromatic rings. The van der Waals surface area contributed by atoms with Crippen LogP contribution < -0.4 is 14.2 Å². The van der Waals surface area contributed by atoms with Crippen molar-refractivity contribution in [3.05, 3.63) is 59.6 Å². The Balaban J connectivity index is 1.53. The van der Waals surface area contributed by atoms with Crippen molar-refractivity contribution in [2.24, 2.45) is 0 Å². The van der Waals surface area contributed by atoms with Gasteiger partial charge in [0.2, 0.25) is 5.88 Å². The normalized spacial score (nSPS) is 18.7. The molecule has 0 saturated heterocycles. The Kier molecular flexibility index (Phi) is 6.94. The molecule has 1 unspecified atom stereocenters. The van der Waals surface area contributed by atoms with Crippen molar-refractivity contribution in [2.45, 2.75) is 42.7 Å². The number of imidazole rings is 1. The molecule has 6 rings (SSSR count). The summed E-state index contributed by atoms with van der Waals surface area (Å²) in [5, 5.41) is 9.83. The van der Waals surface area contributed by atoms with Crippen molar-refractivity contribution in [1.29, 1.82) is 0 Å². The summed E-state index contributed by atoms with van der Waals surface area (Å²) >= 11 is 0. The SMILES string of the molecule is [B]C([B])([B])n1cc(C(F)(F)F)nc1-c1ccc2c(c1)OCCOc1ncnc(C3CC3)c1-c1ncc(OC)c(n1)C2(C)O. The van der Waals surface area contributed by atoms with Gasteiger partial charge in [0.05, 0.1) is 42.5 Å². The van der Waals surface area contributed by atoms with Gasteiger partial charge in [0.1, 0.15) is 48.0 Å². The van der Waals surface area contributed by atoms with Gasteiger partial charge in [-0.25, -0.2) is 24.9 Å². The minimum atomic E-state index is -4.79. The van der Waals surface area contributed by atoms with Crippen LogP contribution in [0.2, 0.25) is 0 Å². The van der Waals surface area contributed by atoms with Crippen LogP contribution in [-0.2, 0) is 17.0 Å². The zero-order chi connectivity index (χ0) is 30.7. The maximum atomic E-state index is 13.6. The van der Waals surface area contributed by atoms with E-state index in [1.54, 1.807) is 0 Å². The number of fused-ring (bicyclic) bond motifs is 5. The first-order valence-corrected chi connectivity index (χ1v) is 13.2. The van der Waals surface area contributed by atoms with E-state index in [4.69, 9.17) is 42.7 Å². The van der Waals surface area contributed by atoms with Crippen LogP contribution in [-0.4, -0.2) is 78.5 Å². The van der Waals surface area contributed by atoms with Gasteiger partial charge < -0.3 is 23.9 Å². The highest BCUT2D eigenvalue weighted by Crippen LogP contribution is 2.46. The van der Waals surface area contributed by atoms with E-state index in [1.807, 2.05) is 0 Å². The Bertz CT molecular complexity index is 1710. The summed E-state index contributed by atoms with van der Waals surface area (Å²) < 4.78 is 59.0. The van der Waals surface area contributed by atoms with E-state index in [2.05, 4.69) is 19.9 Å².